The predicted octanol–water partition coefficient (Wildman–Crippen LogP) is 1.41. The molecule has 0 aliphatic carbocycles. The van der Waals surface area contributed by atoms with Crippen molar-refractivity contribution in [3.05, 3.63) is 16.5 Å². The Hall–Kier alpha value is -0.870. The maximum atomic E-state index is 8.68. The van der Waals surface area contributed by atoms with Crippen LogP contribution < -0.4 is 5.32 Å². The Labute approximate surface area is 88.3 Å². The molecule has 4 nitrogen and oxygen atoms in total. The largest absolute Gasteiger partial charge is 0.395 e. The minimum absolute atomic E-state index is 0.0719. The van der Waals surface area contributed by atoms with E-state index in [1.54, 1.807) is 0 Å². The van der Waals surface area contributed by atoms with Gasteiger partial charge in [-0.1, -0.05) is 18.5 Å². The average molecular weight is 216 g/mol. The summed E-state index contributed by atoms with van der Waals surface area (Å²) in [6, 6.07) is 0. The Morgan fingerprint density at radius 3 is 2.71 bits per heavy atom. The Balaban J connectivity index is 2.95. The summed E-state index contributed by atoms with van der Waals surface area (Å²) in [5.74, 6) is 1.41. The highest BCUT2D eigenvalue weighted by Crippen LogP contribution is 2.19. The van der Waals surface area contributed by atoms with Crippen molar-refractivity contribution in [2.45, 2.75) is 20.3 Å². The van der Waals surface area contributed by atoms with E-state index in [1.807, 2.05) is 13.8 Å². The molecule has 0 aliphatic heterocycles. The highest BCUT2D eigenvalue weighted by molar-refractivity contribution is 6.30. The van der Waals surface area contributed by atoms with Crippen LogP contribution in [0.4, 0.5) is 5.82 Å². The van der Waals surface area contributed by atoms with Gasteiger partial charge in [-0.15, -0.1) is 0 Å². The monoisotopic (exact) mass is 215 g/mol. The van der Waals surface area contributed by atoms with Gasteiger partial charge in [0.1, 0.15) is 16.8 Å². The molecule has 0 aromatic carbocycles. The maximum Gasteiger partial charge on any atom is 0.137 e. The van der Waals surface area contributed by atoms with Crippen molar-refractivity contribution in [3.63, 3.8) is 0 Å². The molecular weight excluding hydrogens is 202 g/mol. The summed E-state index contributed by atoms with van der Waals surface area (Å²) in [6.45, 7) is 4.36. The molecule has 0 radical (unpaired) electrons. The third kappa shape index (κ3) is 2.56. The number of hydrogen-bond acceptors (Lipinski definition) is 4. The molecule has 0 fully saturated rings. The molecule has 0 aliphatic rings. The van der Waals surface area contributed by atoms with Gasteiger partial charge in [0.2, 0.25) is 0 Å². The lowest BCUT2D eigenvalue weighted by Gasteiger charge is -2.09. The standard InChI is InChI=1S/C9H14ClN3O/c1-3-7-12-8(10)6(2)9(13-7)11-4-5-14/h14H,3-5H2,1-2H3,(H,11,12,13). The molecule has 0 atom stereocenters. The van der Waals surface area contributed by atoms with Crippen LogP contribution in [-0.2, 0) is 6.42 Å². The van der Waals surface area contributed by atoms with E-state index in [0.29, 0.717) is 23.3 Å². The lowest BCUT2D eigenvalue weighted by Crippen LogP contribution is -2.10. The van der Waals surface area contributed by atoms with Crippen LogP contribution in [0.15, 0.2) is 0 Å². The first-order valence-electron chi connectivity index (χ1n) is 4.56. The van der Waals surface area contributed by atoms with Crippen molar-refractivity contribution in [1.82, 2.24) is 9.97 Å². The Kier molecular flexibility index (Phi) is 4.10. The first-order chi connectivity index (χ1) is 6.69. The quantitative estimate of drug-likeness (QED) is 0.746. The highest BCUT2D eigenvalue weighted by Gasteiger charge is 2.07. The Morgan fingerprint density at radius 2 is 2.14 bits per heavy atom. The number of aromatic nitrogens is 2. The molecule has 0 bridgehead atoms. The van der Waals surface area contributed by atoms with Crippen LogP contribution in [0.25, 0.3) is 0 Å². The smallest absolute Gasteiger partial charge is 0.137 e. The minimum Gasteiger partial charge on any atom is -0.395 e. The van der Waals surface area contributed by atoms with Crippen molar-refractivity contribution in [2.24, 2.45) is 0 Å². The average Bonchev–Trinajstić information content (AvgIpc) is 2.20. The molecule has 0 spiro atoms. The van der Waals surface area contributed by atoms with E-state index in [4.69, 9.17) is 16.7 Å². The SMILES string of the molecule is CCc1nc(Cl)c(C)c(NCCO)n1. The summed E-state index contributed by atoms with van der Waals surface area (Å²) >= 11 is 5.92. The van der Waals surface area contributed by atoms with Gasteiger partial charge in [0.15, 0.2) is 0 Å². The molecule has 0 saturated heterocycles. The van der Waals surface area contributed by atoms with Crippen molar-refractivity contribution in [1.29, 1.82) is 0 Å². The summed E-state index contributed by atoms with van der Waals surface area (Å²) < 4.78 is 0. The predicted molar refractivity (Wildman–Crippen MR) is 56.7 cm³/mol. The van der Waals surface area contributed by atoms with E-state index in [-0.39, 0.29) is 6.61 Å². The number of nitrogens with one attached hydrogen (secondary N) is 1. The Morgan fingerprint density at radius 1 is 1.43 bits per heavy atom. The van der Waals surface area contributed by atoms with E-state index in [0.717, 1.165) is 12.0 Å². The van der Waals surface area contributed by atoms with Crippen LogP contribution in [0.1, 0.15) is 18.3 Å². The number of nitrogens with zero attached hydrogens (tertiary/aromatic N) is 2. The van der Waals surface area contributed by atoms with E-state index in [2.05, 4.69) is 15.3 Å². The zero-order chi connectivity index (χ0) is 10.6. The summed E-state index contributed by atoms with van der Waals surface area (Å²) in [4.78, 5) is 8.38. The molecule has 2 N–H and O–H groups in total. The number of aryl methyl sites for hydroxylation is 1. The number of halogens is 1. The zero-order valence-corrected chi connectivity index (χ0v) is 9.10. The molecule has 1 rings (SSSR count). The second kappa shape index (κ2) is 5.12. The van der Waals surface area contributed by atoms with Gasteiger partial charge in [-0.3, -0.25) is 0 Å². The third-order valence-corrected chi connectivity index (χ3v) is 2.22. The molecule has 1 heterocycles. The fraction of sp³-hybridized carbons (Fsp3) is 0.556. The Bertz CT molecular complexity index is 317. The molecule has 0 unspecified atom stereocenters. The number of aliphatic hydroxyl groups excluding tert-OH is 1. The molecule has 5 heteroatoms. The molecule has 0 saturated carbocycles. The van der Waals surface area contributed by atoms with Crippen molar-refractivity contribution in [3.8, 4) is 0 Å². The summed E-state index contributed by atoms with van der Waals surface area (Å²) in [5, 5.41) is 12.1. The van der Waals surface area contributed by atoms with E-state index in [9.17, 15) is 0 Å². The number of rotatable bonds is 4. The van der Waals surface area contributed by atoms with Crippen LogP contribution >= 0.6 is 11.6 Å². The van der Waals surface area contributed by atoms with E-state index >= 15 is 0 Å². The lowest BCUT2D eigenvalue weighted by atomic mass is 10.3. The van der Waals surface area contributed by atoms with Gasteiger partial charge in [-0.05, 0) is 6.92 Å². The summed E-state index contributed by atoms with van der Waals surface area (Å²) in [5.41, 5.74) is 0.817. The van der Waals surface area contributed by atoms with E-state index < -0.39 is 0 Å². The van der Waals surface area contributed by atoms with Gasteiger partial charge >= 0.3 is 0 Å². The van der Waals surface area contributed by atoms with Gasteiger partial charge in [0.25, 0.3) is 0 Å². The number of aliphatic hydroxyl groups is 1. The normalized spacial score (nSPS) is 10.3. The van der Waals surface area contributed by atoms with Gasteiger partial charge < -0.3 is 10.4 Å². The molecular formula is C9H14ClN3O. The third-order valence-electron chi connectivity index (χ3n) is 1.85. The fourth-order valence-electron chi connectivity index (χ4n) is 1.04. The van der Waals surface area contributed by atoms with Gasteiger partial charge in [0, 0.05) is 18.5 Å². The van der Waals surface area contributed by atoms with Crippen LogP contribution in [0.2, 0.25) is 5.15 Å². The van der Waals surface area contributed by atoms with Crippen LogP contribution in [0, 0.1) is 6.92 Å². The fourth-order valence-corrected chi connectivity index (χ4v) is 1.22. The maximum absolute atomic E-state index is 8.68. The zero-order valence-electron chi connectivity index (χ0n) is 8.34. The summed E-state index contributed by atoms with van der Waals surface area (Å²) in [6.07, 6.45) is 0.744. The first-order valence-corrected chi connectivity index (χ1v) is 4.94. The number of hydrogen-bond donors (Lipinski definition) is 2. The highest BCUT2D eigenvalue weighted by atomic mass is 35.5. The second-order valence-electron chi connectivity index (χ2n) is 2.91. The van der Waals surface area contributed by atoms with Crippen molar-refractivity contribution >= 4 is 17.4 Å². The summed E-state index contributed by atoms with van der Waals surface area (Å²) in [7, 11) is 0. The molecule has 78 valence electrons. The van der Waals surface area contributed by atoms with Gasteiger partial charge in [0.05, 0.1) is 6.61 Å². The van der Waals surface area contributed by atoms with Gasteiger partial charge in [-0.25, -0.2) is 9.97 Å². The van der Waals surface area contributed by atoms with Crippen LogP contribution in [-0.4, -0.2) is 28.2 Å². The minimum atomic E-state index is 0.0719. The van der Waals surface area contributed by atoms with E-state index in [1.165, 1.54) is 0 Å². The van der Waals surface area contributed by atoms with Crippen molar-refractivity contribution < 1.29 is 5.11 Å². The molecule has 1 aromatic rings. The topological polar surface area (TPSA) is 58.0 Å². The molecule has 1 aromatic heterocycles. The van der Waals surface area contributed by atoms with Crippen LogP contribution in [0.5, 0.6) is 0 Å². The first kappa shape index (κ1) is 11.2. The van der Waals surface area contributed by atoms with Crippen molar-refractivity contribution in [2.75, 3.05) is 18.5 Å². The number of anilines is 1. The van der Waals surface area contributed by atoms with Gasteiger partial charge in [-0.2, -0.15) is 0 Å². The molecule has 14 heavy (non-hydrogen) atoms. The van der Waals surface area contributed by atoms with Crippen LogP contribution in [0.3, 0.4) is 0 Å². The second-order valence-corrected chi connectivity index (χ2v) is 3.27. The lowest BCUT2D eigenvalue weighted by molar-refractivity contribution is 0.311. The molecule has 0 amide bonds.